The smallest absolute Gasteiger partial charge is 0.276 e. The first-order valence-electron chi connectivity index (χ1n) is 8.93. The summed E-state index contributed by atoms with van der Waals surface area (Å²) in [5.74, 6) is 1.85. The highest BCUT2D eigenvalue weighted by molar-refractivity contribution is 7.98. The zero-order chi connectivity index (χ0) is 21.3. The van der Waals surface area contributed by atoms with Gasteiger partial charge in [-0.3, -0.25) is 4.79 Å². The molecule has 0 fully saturated rings. The normalized spacial score (nSPS) is 11.8. The Labute approximate surface area is 180 Å². The van der Waals surface area contributed by atoms with Crippen LogP contribution in [0.4, 0.5) is 0 Å². The molecule has 0 amide bonds. The lowest BCUT2D eigenvalue weighted by molar-refractivity contribution is 0.324. The molecule has 0 spiro atoms. The fraction of sp³-hybridized carbons (Fsp3) is 0.190. The van der Waals surface area contributed by atoms with Gasteiger partial charge in [0.2, 0.25) is 10.7 Å². The van der Waals surface area contributed by atoms with Crippen LogP contribution in [0, 0.1) is 0 Å². The first-order chi connectivity index (χ1) is 14.6. The monoisotopic (exact) mass is 441 g/mol. The minimum atomic E-state index is -0.169. The molecule has 4 rings (SSSR count). The Morgan fingerprint density at radius 1 is 1.00 bits per heavy atom. The second kappa shape index (κ2) is 8.37. The van der Waals surface area contributed by atoms with Crippen molar-refractivity contribution in [2.45, 2.75) is 4.90 Å². The van der Waals surface area contributed by atoms with Gasteiger partial charge in [0.25, 0.3) is 5.56 Å². The van der Waals surface area contributed by atoms with Gasteiger partial charge in [-0.05, 0) is 42.2 Å². The first-order valence-corrected chi connectivity index (χ1v) is 11.0. The molecular formula is C21H19N3O4S2. The van der Waals surface area contributed by atoms with Crippen molar-refractivity contribution >= 4 is 34.1 Å². The molecule has 0 aliphatic rings. The summed E-state index contributed by atoms with van der Waals surface area (Å²) in [6.07, 6.45) is 3.89. The van der Waals surface area contributed by atoms with Crippen LogP contribution in [0.25, 0.3) is 22.4 Å². The van der Waals surface area contributed by atoms with E-state index in [1.807, 2.05) is 36.6 Å². The molecule has 4 aromatic rings. The average molecular weight is 442 g/mol. The van der Waals surface area contributed by atoms with Crippen LogP contribution in [0.15, 0.2) is 46.1 Å². The number of thiazole rings is 1. The highest BCUT2D eigenvalue weighted by Gasteiger charge is 2.19. The molecule has 0 saturated carbocycles. The van der Waals surface area contributed by atoms with Gasteiger partial charge in [0.15, 0.2) is 17.3 Å². The second-order valence-corrected chi connectivity index (χ2v) is 8.13. The lowest BCUT2D eigenvalue weighted by Crippen LogP contribution is -2.23. The molecule has 0 bridgehead atoms. The van der Waals surface area contributed by atoms with Gasteiger partial charge < -0.3 is 14.2 Å². The number of thioether (sulfide) groups is 1. The van der Waals surface area contributed by atoms with Crippen molar-refractivity contribution in [3.8, 4) is 28.6 Å². The minimum absolute atomic E-state index is 0.169. The molecule has 0 unspecified atom stereocenters. The standard InChI is InChI=1S/C21H19N3O4S2/c1-26-15-10-13(11-16(27-2)18(15)28-3)19-22-23-21-24(19)20(25)17(30-21)9-12-5-7-14(29-4)8-6-12/h5-11H,1-4H3. The predicted octanol–water partition coefficient (Wildman–Crippen LogP) is 3.11. The van der Waals surface area contributed by atoms with Crippen LogP contribution in [0.1, 0.15) is 5.56 Å². The topological polar surface area (TPSA) is 75.0 Å². The number of ether oxygens (including phenoxy) is 3. The molecule has 0 N–H and O–H groups in total. The Kier molecular flexibility index (Phi) is 5.65. The van der Waals surface area contributed by atoms with Gasteiger partial charge in [0.05, 0.1) is 25.9 Å². The average Bonchev–Trinajstić information content (AvgIpc) is 3.33. The maximum Gasteiger partial charge on any atom is 0.276 e. The number of rotatable bonds is 6. The molecular weight excluding hydrogens is 422 g/mol. The van der Waals surface area contributed by atoms with Crippen molar-refractivity contribution in [2.75, 3.05) is 27.6 Å². The Morgan fingerprint density at radius 2 is 1.67 bits per heavy atom. The van der Waals surface area contributed by atoms with E-state index in [0.29, 0.717) is 38.1 Å². The molecule has 9 heteroatoms. The third kappa shape index (κ3) is 3.50. The van der Waals surface area contributed by atoms with E-state index in [-0.39, 0.29) is 5.56 Å². The van der Waals surface area contributed by atoms with E-state index in [9.17, 15) is 4.79 Å². The summed E-state index contributed by atoms with van der Waals surface area (Å²) in [7, 11) is 4.62. The summed E-state index contributed by atoms with van der Waals surface area (Å²) in [4.78, 5) is 14.8. The van der Waals surface area contributed by atoms with Gasteiger partial charge in [-0.2, -0.15) is 0 Å². The summed E-state index contributed by atoms with van der Waals surface area (Å²) in [5, 5.41) is 8.41. The van der Waals surface area contributed by atoms with Gasteiger partial charge in [-0.25, -0.2) is 4.40 Å². The Bertz CT molecular complexity index is 1290. The lowest BCUT2D eigenvalue weighted by Gasteiger charge is -2.13. The van der Waals surface area contributed by atoms with Crippen LogP contribution in [-0.4, -0.2) is 42.2 Å². The quantitative estimate of drug-likeness (QED) is 0.426. The predicted molar refractivity (Wildman–Crippen MR) is 119 cm³/mol. The Morgan fingerprint density at radius 3 is 2.23 bits per heavy atom. The van der Waals surface area contributed by atoms with Crippen LogP contribution in [-0.2, 0) is 0 Å². The molecule has 2 heterocycles. The molecule has 0 radical (unpaired) electrons. The highest BCUT2D eigenvalue weighted by atomic mass is 32.2. The van der Waals surface area contributed by atoms with Crippen LogP contribution >= 0.6 is 23.1 Å². The molecule has 0 saturated heterocycles. The van der Waals surface area contributed by atoms with Gasteiger partial charge in [-0.1, -0.05) is 23.5 Å². The number of aromatic nitrogens is 3. The molecule has 0 atom stereocenters. The van der Waals surface area contributed by atoms with Crippen molar-refractivity contribution in [1.29, 1.82) is 0 Å². The largest absolute Gasteiger partial charge is 0.493 e. The van der Waals surface area contributed by atoms with Crippen molar-refractivity contribution in [3.05, 3.63) is 56.8 Å². The van der Waals surface area contributed by atoms with Gasteiger partial charge in [0, 0.05) is 10.5 Å². The number of methoxy groups -OCH3 is 3. The van der Waals surface area contributed by atoms with Crippen molar-refractivity contribution in [1.82, 2.24) is 14.6 Å². The summed E-state index contributed by atoms with van der Waals surface area (Å²) >= 11 is 2.98. The van der Waals surface area contributed by atoms with E-state index in [4.69, 9.17) is 14.2 Å². The Balaban J connectivity index is 1.86. The van der Waals surface area contributed by atoms with Crippen LogP contribution < -0.4 is 24.3 Å². The molecule has 0 aliphatic heterocycles. The second-order valence-electron chi connectivity index (χ2n) is 6.24. The van der Waals surface area contributed by atoms with Crippen molar-refractivity contribution < 1.29 is 14.2 Å². The van der Waals surface area contributed by atoms with Gasteiger partial charge >= 0.3 is 0 Å². The number of nitrogens with zero attached hydrogens (tertiary/aromatic N) is 3. The summed E-state index contributed by atoms with van der Waals surface area (Å²) in [6.45, 7) is 0. The molecule has 2 aromatic heterocycles. The lowest BCUT2D eigenvalue weighted by atomic mass is 10.1. The van der Waals surface area contributed by atoms with E-state index < -0.39 is 0 Å². The third-order valence-corrected chi connectivity index (χ3v) is 6.29. The van der Waals surface area contributed by atoms with Gasteiger partial charge in [-0.15, -0.1) is 22.0 Å². The zero-order valence-electron chi connectivity index (χ0n) is 16.8. The first kappa shape index (κ1) is 20.2. The minimum Gasteiger partial charge on any atom is -0.493 e. The fourth-order valence-electron chi connectivity index (χ4n) is 3.11. The Hall–Kier alpha value is -3.04. The van der Waals surface area contributed by atoms with Crippen molar-refractivity contribution in [3.63, 3.8) is 0 Å². The maximum atomic E-state index is 13.1. The van der Waals surface area contributed by atoms with Crippen molar-refractivity contribution in [2.24, 2.45) is 0 Å². The van der Waals surface area contributed by atoms with E-state index in [0.717, 1.165) is 5.56 Å². The number of hydrogen-bond donors (Lipinski definition) is 0. The number of hydrogen-bond acceptors (Lipinski definition) is 8. The number of benzene rings is 2. The molecule has 0 aliphatic carbocycles. The highest BCUT2D eigenvalue weighted by Crippen LogP contribution is 2.40. The summed E-state index contributed by atoms with van der Waals surface area (Å²) in [5.41, 5.74) is 1.43. The van der Waals surface area contributed by atoms with E-state index in [1.54, 1.807) is 38.1 Å². The summed E-state index contributed by atoms with van der Waals surface area (Å²) < 4.78 is 18.3. The van der Waals surface area contributed by atoms with Gasteiger partial charge in [0.1, 0.15) is 0 Å². The molecule has 30 heavy (non-hydrogen) atoms. The maximum absolute atomic E-state index is 13.1. The zero-order valence-corrected chi connectivity index (χ0v) is 18.5. The number of fused-ring (bicyclic) bond motifs is 1. The molecule has 7 nitrogen and oxygen atoms in total. The third-order valence-electron chi connectivity index (χ3n) is 4.58. The van der Waals surface area contributed by atoms with Crippen LogP contribution in [0.5, 0.6) is 17.2 Å². The summed E-state index contributed by atoms with van der Waals surface area (Å²) in [6, 6.07) is 11.5. The van der Waals surface area contributed by atoms with Crippen LogP contribution in [0.3, 0.4) is 0 Å². The fourth-order valence-corrected chi connectivity index (χ4v) is 4.43. The molecule has 2 aromatic carbocycles. The van der Waals surface area contributed by atoms with Crippen LogP contribution in [0.2, 0.25) is 0 Å². The molecule has 154 valence electrons. The SMILES string of the molecule is COc1cc(-c2nnc3sc(=Cc4ccc(SC)cc4)c(=O)n23)cc(OC)c1OC. The van der Waals surface area contributed by atoms with E-state index >= 15 is 0 Å². The van der Waals surface area contributed by atoms with E-state index in [1.165, 1.54) is 27.7 Å². The van der Waals surface area contributed by atoms with E-state index in [2.05, 4.69) is 10.2 Å².